The van der Waals surface area contributed by atoms with Gasteiger partial charge in [0.2, 0.25) is 5.91 Å². The molecular weight excluding hydrogens is 355 g/mol. The Bertz CT molecular complexity index is 774. The SMILES string of the molecule is COc1ccc([C@@H](NC(=O)CCc2scnc2C)C2CC(O)C2)cc1F. The number of aryl methyl sites for hydroxylation is 2. The number of halogens is 1. The van der Waals surface area contributed by atoms with Gasteiger partial charge in [0.05, 0.1) is 30.5 Å². The van der Waals surface area contributed by atoms with E-state index in [2.05, 4.69) is 10.3 Å². The molecule has 5 nitrogen and oxygen atoms in total. The predicted octanol–water partition coefficient (Wildman–Crippen LogP) is 3.16. The molecule has 3 rings (SSSR count). The van der Waals surface area contributed by atoms with Gasteiger partial charge in [0.25, 0.3) is 0 Å². The van der Waals surface area contributed by atoms with Crippen molar-refractivity contribution < 1.29 is 19.0 Å². The number of rotatable bonds is 7. The highest BCUT2D eigenvalue weighted by Gasteiger charge is 2.36. The predicted molar refractivity (Wildman–Crippen MR) is 97.7 cm³/mol. The zero-order chi connectivity index (χ0) is 18.7. The van der Waals surface area contributed by atoms with Gasteiger partial charge in [-0.1, -0.05) is 6.07 Å². The highest BCUT2D eigenvalue weighted by molar-refractivity contribution is 7.09. The van der Waals surface area contributed by atoms with Gasteiger partial charge in [-0.05, 0) is 49.8 Å². The van der Waals surface area contributed by atoms with Crippen molar-refractivity contribution in [3.05, 3.63) is 45.7 Å². The molecule has 0 spiro atoms. The van der Waals surface area contributed by atoms with Crippen LogP contribution in [0.15, 0.2) is 23.7 Å². The van der Waals surface area contributed by atoms with Crippen LogP contribution >= 0.6 is 11.3 Å². The summed E-state index contributed by atoms with van der Waals surface area (Å²) in [4.78, 5) is 17.8. The van der Waals surface area contributed by atoms with Gasteiger partial charge in [0, 0.05) is 11.3 Å². The lowest BCUT2D eigenvalue weighted by Gasteiger charge is -2.38. The first kappa shape index (κ1) is 18.8. The van der Waals surface area contributed by atoms with Gasteiger partial charge in [-0.2, -0.15) is 0 Å². The van der Waals surface area contributed by atoms with Crippen LogP contribution in [0.3, 0.4) is 0 Å². The summed E-state index contributed by atoms with van der Waals surface area (Å²) in [6.07, 6.45) is 1.86. The number of hydrogen-bond acceptors (Lipinski definition) is 5. The molecule has 1 aliphatic rings. The summed E-state index contributed by atoms with van der Waals surface area (Å²) in [5, 5.41) is 12.7. The minimum absolute atomic E-state index is 0.0829. The van der Waals surface area contributed by atoms with Crippen molar-refractivity contribution in [3.63, 3.8) is 0 Å². The van der Waals surface area contributed by atoms with Gasteiger partial charge in [-0.25, -0.2) is 9.37 Å². The number of aliphatic hydroxyl groups excluding tert-OH is 1. The number of benzene rings is 1. The minimum atomic E-state index is -0.454. The highest BCUT2D eigenvalue weighted by Crippen LogP contribution is 2.39. The molecule has 2 N–H and O–H groups in total. The number of amides is 1. The van der Waals surface area contributed by atoms with E-state index in [4.69, 9.17) is 4.74 Å². The molecule has 1 heterocycles. The monoisotopic (exact) mass is 378 g/mol. The molecule has 1 aromatic heterocycles. The Morgan fingerprint density at radius 3 is 2.85 bits per heavy atom. The fourth-order valence-electron chi connectivity index (χ4n) is 3.29. The number of carbonyl (C=O) groups is 1. The third-order valence-corrected chi connectivity index (χ3v) is 5.89. The van der Waals surface area contributed by atoms with Crippen molar-refractivity contribution in [2.45, 2.75) is 44.8 Å². The largest absolute Gasteiger partial charge is 0.494 e. The van der Waals surface area contributed by atoms with Gasteiger partial charge in [-0.15, -0.1) is 11.3 Å². The lowest BCUT2D eigenvalue weighted by Crippen LogP contribution is -2.41. The van der Waals surface area contributed by atoms with Crippen LogP contribution in [0, 0.1) is 18.7 Å². The Kier molecular flexibility index (Phi) is 5.88. The van der Waals surface area contributed by atoms with Gasteiger partial charge < -0.3 is 15.2 Å². The molecule has 1 saturated carbocycles. The third kappa shape index (κ3) is 4.22. The van der Waals surface area contributed by atoms with Gasteiger partial charge in [-0.3, -0.25) is 4.79 Å². The molecule has 2 aromatic rings. The Balaban J connectivity index is 1.69. The van der Waals surface area contributed by atoms with Crippen LogP contribution < -0.4 is 10.1 Å². The van der Waals surface area contributed by atoms with Crippen LogP contribution in [0.25, 0.3) is 0 Å². The summed E-state index contributed by atoms with van der Waals surface area (Å²) in [6, 6.07) is 4.43. The second kappa shape index (κ2) is 8.14. The van der Waals surface area contributed by atoms with E-state index in [1.165, 1.54) is 13.2 Å². The Hall–Kier alpha value is -1.99. The second-order valence-corrected chi connectivity index (χ2v) is 7.62. The normalized spacial score (nSPS) is 20.3. The first-order chi connectivity index (χ1) is 12.5. The average molecular weight is 378 g/mol. The molecule has 140 valence electrons. The number of carbonyl (C=O) groups excluding carboxylic acids is 1. The topological polar surface area (TPSA) is 71.5 Å². The quantitative estimate of drug-likeness (QED) is 0.776. The molecule has 1 aliphatic carbocycles. The van der Waals surface area contributed by atoms with Gasteiger partial charge in [0.1, 0.15) is 0 Å². The lowest BCUT2D eigenvalue weighted by molar-refractivity contribution is -0.123. The average Bonchev–Trinajstić information content (AvgIpc) is 3.00. The van der Waals surface area contributed by atoms with E-state index in [9.17, 15) is 14.3 Å². The van der Waals surface area contributed by atoms with Crippen molar-refractivity contribution in [2.75, 3.05) is 7.11 Å². The second-order valence-electron chi connectivity index (χ2n) is 6.69. The summed E-state index contributed by atoms with van der Waals surface area (Å²) in [5.74, 6) is -0.259. The van der Waals surface area contributed by atoms with E-state index in [-0.39, 0.29) is 29.7 Å². The summed E-state index contributed by atoms with van der Waals surface area (Å²) in [6.45, 7) is 1.93. The fraction of sp³-hybridized carbons (Fsp3) is 0.474. The van der Waals surface area contributed by atoms with Crippen molar-refractivity contribution in [3.8, 4) is 5.75 Å². The fourth-order valence-corrected chi connectivity index (χ4v) is 4.07. The Morgan fingerprint density at radius 2 is 2.27 bits per heavy atom. The van der Waals surface area contributed by atoms with E-state index < -0.39 is 5.82 Å². The Morgan fingerprint density at radius 1 is 1.50 bits per heavy atom. The number of thiazole rings is 1. The van der Waals surface area contributed by atoms with E-state index in [1.807, 2.05) is 6.92 Å². The molecule has 26 heavy (non-hydrogen) atoms. The molecular formula is C19H23FN2O3S. The minimum Gasteiger partial charge on any atom is -0.494 e. The van der Waals surface area contributed by atoms with Crippen LogP contribution in [0.4, 0.5) is 4.39 Å². The van der Waals surface area contributed by atoms with Crippen LogP contribution in [-0.2, 0) is 11.2 Å². The third-order valence-electron chi connectivity index (χ3n) is 4.90. The number of nitrogens with one attached hydrogen (secondary N) is 1. The van der Waals surface area contributed by atoms with Crippen LogP contribution in [-0.4, -0.2) is 29.2 Å². The van der Waals surface area contributed by atoms with Gasteiger partial charge >= 0.3 is 0 Å². The zero-order valence-corrected chi connectivity index (χ0v) is 15.7. The molecule has 1 amide bonds. The molecule has 0 saturated heterocycles. The number of nitrogens with zero attached hydrogens (tertiary/aromatic N) is 1. The molecule has 1 aromatic carbocycles. The number of hydrogen-bond donors (Lipinski definition) is 2. The van der Waals surface area contributed by atoms with Crippen molar-refractivity contribution in [1.82, 2.24) is 10.3 Å². The first-order valence-corrected chi connectivity index (χ1v) is 9.55. The molecule has 0 unspecified atom stereocenters. The summed E-state index contributed by atoms with van der Waals surface area (Å²) in [5.41, 5.74) is 3.43. The molecule has 0 radical (unpaired) electrons. The molecule has 0 bridgehead atoms. The smallest absolute Gasteiger partial charge is 0.220 e. The van der Waals surface area contributed by atoms with Crippen molar-refractivity contribution >= 4 is 17.2 Å². The molecule has 1 atom stereocenters. The van der Waals surface area contributed by atoms with Gasteiger partial charge in [0.15, 0.2) is 11.6 Å². The first-order valence-electron chi connectivity index (χ1n) is 8.67. The standard InChI is InChI=1S/C19H23FN2O3S/c1-11-17(26-10-21-11)5-6-18(24)22-19(13-7-14(23)8-13)12-3-4-16(25-2)15(20)9-12/h3-4,9-10,13-14,19,23H,5-8H2,1-2H3,(H,22,24)/t13?,14?,19-/m1/s1. The summed E-state index contributed by atoms with van der Waals surface area (Å²) < 4.78 is 19.1. The number of aliphatic hydroxyl groups is 1. The van der Waals surface area contributed by atoms with Crippen LogP contribution in [0.5, 0.6) is 5.75 Å². The zero-order valence-electron chi connectivity index (χ0n) is 14.9. The van der Waals surface area contributed by atoms with E-state index in [0.29, 0.717) is 31.2 Å². The maximum absolute atomic E-state index is 14.1. The van der Waals surface area contributed by atoms with Crippen LogP contribution in [0.1, 0.15) is 41.4 Å². The number of aromatic nitrogens is 1. The molecule has 0 aliphatic heterocycles. The maximum atomic E-state index is 14.1. The van der Waals surface area contributed by atoms with E-state index in [0.717, 1.165) is 10.6 Å². The Labute approximate surface area is 156 Å². The number of methoxy groups -OCH3 is 1. The lowest BCUT2D eigenvalue weighted by atomic mass is 9.75. The molecule has 1 fully saturated rings. The van der Waals surface area contributed by atoms with Crippen molar-refractivity contribution in [1.29, 1.82) is 0 Å². The molecule has 7 heteroatoms. The van der Waals surface area contributed by atoms with E-state index in [1.54, 1.807) is 29.0 Å². The summed E-state index contributed by atoms with van der Waals surface area (Å²) in [7, 11) is 1.42. The highest BCUT2D eigenvalue weighted by atomic mass is 32.1. The van der Waals surface area contributed by atoms with E-state index >= 15 is 0 Å². The van der Waals surface area contributed by atoms with Crippen molar-refractivity contribution in [2.24, 2.45) is 5.92 Å². The number of ether oxygens (including phenoxy) is 1. The van der Waals surface area contributed by atoms with Crippen LogP contribution in [0.2, 0.25) is 0 Å². The summed E-state index contributed by atoms with van der Waals surface area (Å²) >= 11 is 1.55. The maximum Gasteiger partial charge on any atom is 0.220 e.